The lowest BCUT2D eigenvalue weighted by atomic mass is 10.3. The smallest absolute Gasteiger partial charge is 0.237 e. The standard InChI is InChI=1S/C18H17ClN4O2S/c1-12(17(24)21-14-6-8-16(25-2)9-7-14)26-18-22-20-11-23(18)15-5-3-4-13(19)10-15/h3-12H,1-2H3,(H,21,24). The van der Waals surface area contributed by atoms with Gasteiger partial charge in [0.2, 0.25) is 5.91 Å². The van der Waals surface area contributed by atoms with Gasteiger partial charge in [-0.15, -0.1) is 10.2 Å². The molecule has 0 bridgehead atoms. The number of halogens is 1. The molecule has 0 spiro atoms. The Labute approximate surface area is 160 Å². The van der Waals surface area contributed by atoms with E-state index in [1.165, 1.54) is 11.8 Å². The van der Waals surface area contributed by atoms with E-state index < -0.39 is 0 Å². The summed E-state index contributed by atoms with van der Waals surface area (Å²) >= 11 is 7.37. The normalized spacial score (nSPS) is 11.8. The van der Waals surface area contributed by atoms with E-state index >= 15 is 0 Å². The van der Waals surface area contributed by atoms with Gasteiger partial charge in [0.05, 0.1) is 18.0 Å². The van der Waals surface area contributed by atoms with Crippen LogP contribution in [0.2, 0.25) is 5.02 Å². The molecular weight excluding hydrogens is 372 g/mol. The van der Waals surface area contributed by atoms with Crippen LogP contribution in [0, 0.1) is 0 Å². The van der Waals surface area contributed by atoms with E-state index in [0.717, 1.165) is 11.4 Å². The van der Waals surface area contributed by atoms with E-state index in [9.17, 15) is 4.79 Å². The number of amides is 1. The van der Waals surface area contributed by atoms with Crippen LogP contribution in [0.5, 0.6) is 5.75 Å². The van der Waals surface area contributed by atoms with Crippen molar-refractivity contribution in [3.05, 3.63) is 59.9 Å². The first-order chi connectivity index (χ1) is 12.6. The van der Waals surface area contributed by atoms with Gasteiger partial charge >= 0.3 is 0 Å². The minimum atomic E-state index is -0.362. The molecule has 1 unspecified atom stereocenters. The summed E-state index contributed by atoms with van der Waals surface area (Å²) in [7, 11) is 1.60. The molecule has 2 aromatic carbocycles. The Morgan fingerprint density at radius 3 is 2.73 bits per heavy atom. The topological polar surface area (TPSA) is 69.0 Å². The molecule has 26 heavy (non-hydrogen) atoms. The zero-order chi connectivity index (χ0) is 18.5. The lowest BCUT2D eigenvalue weighted by molar-refractivity contribution is -0.115. The number of methoxy groups -OCH3 is 1. The molecule has 3 aromatic rings. The fourth-order valence-corrected chi connectivity index (χ4v) is 3.26. The number of carbonyl (C=O) groups excluding carboxylic acids is 1. The third kappa shape index (κ3) is 4.36. The molecule has 0 aliphatic heterocycles. The van der Waals surface area contributed by atoms with Gasteiger partial charge in [-0.1, -0.05) is 29.4 Å². The van der Waals surface area contributed by atoms with E-state index in [1.54, 1.807) is 48.3 Å². The third-order valence-electron chi connectivity index (χ3n) is 3.61. The van der Waals surface area contributed by atoms with E-state index in [0.29, 0.717) is 15.9 Å². The maximum Gasteiger partial charge on any atom is 0.237 e. The summed E-state index contributed by atoms with van der Waals surface area (Å²) in [6.45, 7) is 1.82. The first-order valence-corrected chi connectivity index (χ1v) is 9.10. The predicted octanol–water partition coefficient (Wildman–Crippen LogP) is 4.05. The minimum absolute atomic E-state index is 0.124. The number of ether oxygens (including phenoxy) is 1. The molecule has 1 aromatic heterocycles. The minimum Gasteiger partial charge on any atom is -0.497 e. The Morgan fingerprint density at radius 2 is 2.04 bits per heavy atom. The summed E-state index contributed by atoms with van der Waals surface area (Å²) in [5.41, 5.74) is 1.55. The Morgan fingerprint density at radius 1 is 1.27 bits per heavy atom. The number of anilines is 1. The number of hydrogen-bond donors (Lipinski definition) is 1. The monoisotopic (exact) mass is 388 g/mol. The molecular formula is C18H17ClN4O2S. The first-order valence-electron chi connectivity index (χ1n) is 7.84. The van der Waals surface area contributed by atoms with E-state index in [4.69, 9.17) is 16.3 Å². The van der Waals surface area contributed by atoms with E-state index in [1.807, 2.05) is 25.1 Å². The molecule has 1 heterocycles. The Hall–Kier alpha value is -2.51. The molecule has 1 amide bonds. The van der Waals surface area contributed by atoms with E-state index in [-0.39, 0.29) is 11.2 Å². The highest BCUT2D eigenvalue weighted by Gasteiger charge is 2.18. The quantitative estimate of drug-likeness (QED) is 0.645. The molecule has 1 atom stereocenters. The lowest BCUT2D eigenvalue weighted by Crippen LogP contribution is -2.22. The molecule has 0 radical (unpaired) electrons. The molecule has 1 N–H and O–H groups in total. The van der Waals surface area contributed by atoms with Gasteiger partial charge in [-0.3, -0.25) is 9.36 Å². The lowest BCUT2D eigenvalue weighted by Gasteiger charge is -2.13. The highest BCUT2D eigenvalue weighted by atomic mass is 35.5. The highest BCUT2D eigenvalue weighted by molar-refractivity contribution is 8.00. The summed E-state index contributed by atoms with van der Waals surface area (Å²) in [4.78, 5) is 12.5. The SMILES string of the molecule is COc1ccc(NC(=O)C(C)Sc2nncn2-c2cccc(Cl)c2)cc1. The molecule has 0 aliphatic carbocycles. The number of aromatic nitrogens is 3. The maximum absolute atomic E-state index is 12.5. The molecule has 0 aliphatic rings. The van der Waals surface area contributed by atoms with Crippen molar-refractivity contribution >= 4 is 35.0 Å². The molecule has 6 nitrogen and oxygen atoms in total. The van der Waals surface area contributed by atoms with Crippen molar-refractivity contribution in [3.63, 3.8) is 0 Å². The van der Waals surface area contributed by atoms with Gasteiger partial charge in [0.1, 0.15) is 12.1 Å². The van der Waals surface area contributed by atoms with Crippen molar-refractivity contribution in [2.24, 2.45) is 0 Å². The first kappa shape index (κ1) is 18.3. The number of rotatable bonds is 6. The highest BCUT2D eigenvalue weighted by Crippen LogP contribution is 2.26. The predicted molar refractivity (Wildman–Crippen MR) is 103 cm³/mol. The number of carbonyl (C=O) groups is 1. The third-order valence-corrected chi connectivity index (χ3v) is 4.90. The van der Waals surface area contributed by atoms with Gasteiger partial charge in [-0.2, -0.15) is 0 Å². The second-order valence-electron chi connectivity index (χ2n) is 5.44. The number of hydrogen-bond acceptors (Lipinski definition) is 5. The van der Waals surface area contributed by atoms with Gasteiger partial charge < -0.3 is 10.1 Å². The summed E-state index contributed by atoms with van der Waals surface area (Å²) < 4.78 is 6.91. The van der Waals surface area contributed by atoms with Crippen molar-refractivity contribution in [3.8, 4) is 11.4 Å². The maximum atomic E-state index is 12.5. The van der Waals surface area contributed by atoms with Gasteiger partial charge in [0, 0.05) is 10.7 Å². The van der Waals surface area contributed by atoms with Gasteiger partial charge in [-0.25, -0.2) is 0 Å². The number of thioether (sulfide) groups is 1. The fraction of sp³-hybridized carbons (Fsp3) is 0.167. The number of nitrogens with zero attached hydrogens (tertiary/aromatic N) is 3. The molecule has 134 valence electrons. The van der Waals surface area contributed by atoms with Crippen LogP contribution in [0.25, 0.3) is 5.69 Å². The van der Waals surface area contributed by atoms with Crippen molar-refractivity contribution in [2.45, 2.75) is 17.3 Å². The summed E-state index contributed by atoms with van der Waals surface area (Å²) in [5, 5.41) is 11.8. The summed E-state index contributed by atoms with van der Waals surface area (Å²) in [6.07, 6.45) is 1.60. The average Bonchev–Trinajstić information content (AvgIpc) is 3.10. The summed E-state index contributed by atoms with van der Waals surface area (Å²) in [6, 6.07) is 14.6. The van der Waals surface area contributed by atoms with Crippen molar-refractivity contribution in [1.29, 1.82) is 0 Å². The second-order valence-corrected chi connectivity index (χ2v) is 7.19. The molecule has 0 saturated heterocycles. The van der Waals surface area contributed by atoms with Crippen LogP contribution in [0.4, 0.5) is 5.69 Å². The molecule has 8 heteroatoms. The summed E-state index contributed by atoms with van der Waals surface area (Å²) in [5.74, 6) is 0.612. The van der Waals surface area contributed by atoms with Gasteiger partial charge in [0.15, 0.2) is 5.16 Å². The number of nitrogens with one attached hydrogen (secondary N) is 1. The van der Waals surface area contributed by atoms with Gasteiger partial charge in [0.25, 0.3) is 0 Å². The van der Waals surface area contributed by atoms with Crippen LogP contribution in [0.15, 0.2) is 60.0 Å². The Bertz CT molecular complexity index is 898. The van der Waals surface area contributed by atoms with Crippen molar-refractivity contribution in [2.75, 3.05) is 12.4 Å². The fourth-order valence-electron chi connectivity index (χ4n) is 2.24. The van der Waals surface area contributed by atoms with Crippen LogP contribution >= 0.6 is 23.4 Å². The van der Waals surface area contributed by atoms with Crippen LogP contribution < -0.4 is 10.1 Å². The molecule has 0 saturated carbocycles. The Balaban J connectivity index is 1.69. The molecule has 3 rings (SSSR count). The van der Waals surface area contributed by atoms with Crippen LogP contribution in [-0.2, 0) is 4.79 Å². The van der Waals surface area contributed by atoms with E-state index in [2.05, 4.69) is 15.5 Å². The van der Waals surface area contributed by atoms with Crippen molar-refractivity contribution in [1.82, 2.24) is 14.8 Å². The van der Waals surface area contributed by atoms with Gasteiger partial charge in [-0.05, 0) is 49.4 Å². The molecule has 0 fully saturated rings. The van der Waals surface area contributed by atoms with Crippen LogP contribution in [0.3, 0.4) is 0 Å². The second kappa shape index (κ2) is 8.25. The zero-order valence-electron chi connectivity index (χ0n) is 14.2. The number of benzene rings is 2. The Kier molecular flexibility index (Phi) is 5.80. The zero-order valence-corrected chi connectivity index (χ0v) is 15.8. The van der Waals surface area contributed by atoms with Crippen molar-refractivity contribution < 1.29 is 9.53 Å². The van der Waals surface area contributed by atoms with Crippen LogP contribution in [0.1, 0.15) is 6.92 Å². The largest absolute Gasteiger partial charge is 0.497 e. The average molecular weight is 389 g/mol. The van der Waals surface area contributed by atoms with Crippen LogP contribution in [-0.4, -0.2) is 33.0 Å².